The van der Waals surface area contributed by atoms with Crippen molar-refractivity contribution in [2.75, 3.05) is 40.9 Å². The van der Waals surface area contributed by atoms with Crippen LogP contribution in [0.1, 0.15) is 51.4 Å². The van der Waals surface area contributed by atoms with Gasteiger partial charge in [-0.2, -0.15) is 0 Å². The van der Waals surface area contributed by atoms with Crippen LogP contribution in [0, 0.1) is 12.3 Å². The minimum atomic E-state index is -4.13. The number of likely N-dealkylation sites (N-methyl/N-ethyl adjacent to an activating group) is 1. The van der Waals surface area contributed by atoms with Crippen molar-refractivity contribution in [2.24, 2.45) is 0 Å². The van der Waals surface area contributed by atoms with E-state index in [4.69, 9.17) is 15.5 Å². The summed E-state index contributed by atoms with van der Waals surface area (Å²) in [6.45, 7) is 0.986. The summed E-state index contributed by atoms with van der Waals surface area (Å²) < 4.78 is 21.9. The van der Waals surface area contributed by atoms with Gasteiger partial charge in [-0.1, -0.05) is 32.1 Å². The van der Waals surface area contributed by atoms with Crippen LogP contribution in [0.15, 0.2) is 0 Å². The fourth-order valence-corrected chi connectivity index (χ4v) is 2.59. The Labute approximate surface area is 136 Å². The van der Waals surface area contributed by atoms with E-state index in [0.717, 1.165) is 32.1 Å². The first kappa shape index (κ1) is 21.6. The molecule has 0 aliphatic heterocycles. The van der Waals surface area contributed by atoms with Crippen LogP contribution in [0.2, 0.25) is 0 Å². The van der Waals surface area contributed by atoms with E-state index < -0.39 is 7.82 Å². The molecule has 0 amide bonds. The second kappa shape index (κ2) is 12.1. The van der Waals surface area contributed by atoms with E-state index in [-0.39, 0.29) is 13.2 Å². The van der Waals surface area contributed by atoms with Crippen molar-refractivity contribution in [1.82, 2.24) is 0 Å². The number of hydrogen-bond acceptors (Lipinski definition) is 4. The molecule has 0 fully saturated rings. The molecule has 0 aromatic rings. The number of phosphoric acid groups is 1. The van der Waals surface area contributed by atoms with Gasteiger partial charge >= 0.3 is 0 Å². The van der Waals surface area contributed by atoms with E-state index in [2.05, 4.69) is 5.92 Å². The van der Waals surface area contributed by atoms with Gasteiger partial charge in [0.2, 0.25) is 0 Å². The quantitative estimate of drug-likeness (QED) is 0.212. The first-order chi connectivity index (χ1) is 10.3. The Kier molecular flexibility index (Phi) is 11.9. The third-order valence-electron chi connectivity index (χ3n) is 3.23. The minimum absolute atomic E-state index is 0.155. The van der Waals surface area contributed by atoms with Gasteiger partial charge in [-0.15, -0.1) is 12.3 Å². The van der Waals surface area contributed by atoms with E-state index >= 15 is 0 Å². The van der Waals surface area contributed by atoms with Gasteiger partial charge in [-0.25, -0.2) is 0 Å². The van der Waals surface area contributed by atoms with Crippen LogP contribution in [0.5, 0.6) is 0 Å². The van der Waals surface area contributed by atoms with Crippen molar-refractivity contribution in [3.63, 3.8) is 0 Å². The lowest BCUT2D eigenvalue weighted by molar-refractivity contribution is -0.870. The monoisotopic (exact) mass is 333 g/mol. The zero-order chi connectivity index (χ0) is 16.9. The first-order valence-corrected chi connectivity index (χ1v) is 9.57. The molecule has 22 heavy (non-hydrogen) atoms. The maximum Gasteiger partial charge on any atom is 0.268 e. The van der Waals surface area contributed by atoms with Crippen molar-refractivity contribution in [1.29, 1.82) is 0 Å². The molecule has 0 rings (SSSR count). The molecule has 0 saturated heterocycles. The third-order valence-corrected chi connectivity index (χ3v) is 4.22. The summed E-state index contributed by atoms with van der Waals surface area (Å²) in [6.07, 6.45) is 13.5. The van der Waals surface area contributed by atoms with E-state index in [9.17, 15) is 9.46 Å². The number of unbranched alkanes of at least 4 members (excludes halogenated alkanes) is 7. The van der Waals surface area contributed by atoms with Gasteiger partial charge in [-0.05, 0) is 12.8 Å². The molecule has 0 saturated carbocycles. The predicted octanol–water partition coefficient (Wildman–Crippen LogP) is 2.95. The molecule has 0 aromatic carbocycles. The van der Waals surface area contributed by atoms with E-state index in [1.54, 1.807) is 0 Å². The molecule has 1 unspecified atom stereocenters. The highest BCUT2D eigenvalue weighted by Crippen LogP contribution is 2.38. The maximum atomic E-state index is 11.5. The Morgan fingerprint density at radius 1 is 0.955 bits per heavy atom. The van der Waals surface area contributed by atoms with Crippen molar-refractivity contribution >= 4 is 7.82 Å². The van der Waals surface area contributed by atoms with Crippen LogP contribution in [0.4, 0.5) is 0 Å². The molecule has 130 valence electrons. The summed E-state index contributed by atoms with van der Waals surface area (Å²) >= 11 is 0. The average Bonchev–Trinajstić information content (AvgIpc) is 2.39. The largest absolute Gasteiger partial charge is 0.756 e. The standard InChI is InChI=1S/C16H32NO4P/c1-5-6-7-8-9-10-11-12-13-15-20-22(18,19)21-16-14-17(2,3)4/h1H,6-16H2,2-4H3. The lowest BCUT2D eigenvalue weighted by atomic mass is 10.1. The summed E-state index contributed by atoms with van der Waals surface area (Å²) in [5.74, 6) is 2.64. The summed E-state index contributed by atoms with van der Waals surface area (Å²) in [5.41, 5.74) is 0. The molecule has 6 heteroatoms. The summed E-state index contributed by atoms with van der Waals surface area (Å²) in [6, 6.07) is 0. The van der Waals surface area contributed by atoms with Crippen LogP contribution in [-0.4, -0.2) is 45.4 Å². The van der Waals surface area contributed by atoms with Gasteiger partial charge in [-0.3, -0.25) is 4.57 Å². The van der Waals surface area contributed by atoms with Crippen LogP contribution in [-0.2, 0) is 13.6 Å². The molecule has 0 aliphatic rings. The van der Waals surface area contributed by atoms with Crippen molar-refractivity contribution < 1.29 is 23.0 Å². The topological polar surface area (TPSA) is 58.6 Å². The normalized spacial score (nSPS) is 14.5. The third kappa shape index (κ3) is 16.0. The first-order valence-electron chi connectivity index (χ1n) is 8.11. The number of terminal acetylenes is 1. The number of hydrogen-bond donors (Lipinski definition) is 0. The smallest absolute Gasteiger partial charge is 0.268 e. The molecule has 1 atom stereocenters. The molecular weight excluding hydrogens is 301 g/mol. The SMILES string of the molecule is C#CCCCCCCCCCOP(=O)([O-])OCC[N+](C)(C)C. The lowest BCUT2D eigenvalue weighted by Crippen LogP contribution is -2.37. The minimum Gasteiger partial charge on any atom is -0.756 e. The van der Waals surface area contributed by atoms with Crippen molar-refractivity contribution in [3.8, 4) is 12.3 Å². The van der Waals surface area contributed by atoms with E-state index in [1.807, 2.05) is 21.1 Å². The highest BCUT2D eigenvalue weighted by Gasteiger charge is 2.12. The van der Waals surface area contributed by atoms with Crippen molar-refractivity contribution in [3.05, 3.63) is 0 Å². The Bertz CT molecular complexity index is 360. The molecule has 5 nitrogen and oxygen atoms in total. The van der Waals surface area contributed by atoms with Gasteiger partial charge in [0.05, 0.1) is 27.7 Å². The van der Waals surface area contributed by atoms with Crippen LogP contribution in [0.3, 0.4) is 0 Å². The lowest BCUT2D eigenvalue weighted by Gasteiger charge is -2.27. The number of quaternary nitrogens is 1. The molecule has 0 spiro atoms. The van der Waals surface area contributed by atoms with Gasteiger partial charge < -0.3 is 18.4 Å². The van der Waals surface area contributed by atoms with Gasteiger partial charge in [0.15, 0.2) is 0 Å². The molecule has 0 bridgehead atoms. The maximum absolute atomic E-state index is 11.5. The average molecular weight is 333 g/mol. The fourth-order valence-electron chi connectivity index (χ4n) is 1.85. The predicted molar refractivity (Wildman–Crippen MR) is 88.2 cm³/mol. The zero-order valence-corrected chi connectivity index (χ0v) is 15.3. The molecule has 0 heterocycles. The molecular formula is C16H32NO4P. The summed E-state index contributed by atoms with van der Waals surface area (Å²) in [5, 5.41) is 0. The highest BCUT2D eigenvalue weighted by atomic mass is 31.2. The second-order valence-electron chi connectivity index (χ2n) is 6.56. The molecule has 0 aliphatic carbocycles. The Morgan fingerprint density at radius 3 is 2.00 bits per heavy atom. The Morgan fingerprint density at radius 2 is 1.45 bits per heavy atom. The van der Waals surface area contributed by atoms with Gasteiger partial charge in [0.1, 0.15) is 13.2 Å². The highest BCUT2D eigenvalue weighted by molar-refractivity contribution is 7.45. The van der Waals surface area contributed by atoms with Gasteiger partial charge in [0.25, 0.3) is 7.82 Å². The molecule has 0 aromatic heterocycles. The van der Waals surface area contributed by atoms with Crippen LogP contribution < -0.4 is 4.89 Å². The summed E-state index contributed by atoms with van der Waals surface area (Å²) in [4.78, 5) is 11.5. The van der Waals surface area contributed by atoms with Gasteiger partial charge in [0, 0.05) is 6.42 Å². The summed E-state index contributed by atoms with van der Waals surface area (Å²) in [7, 11) is 1.80. The Hall–Kier alpha value is -0.370. The zero-order valence-electron chi connectivity index (χ0n) is 14.4. The van der Waals surface area contributed by atoms with Crippen LogP contribution in [0.25, 0.3) is 0 Å². The van der Waals surface area contributed by atoms with E-state index in [1.165, 1.54) is 19.3 Å². The second-order valence-corrected chi connectivity index (χ2v) is 7.97. The fraction of sp³-hybridized carbons (Fsp3) is 0.875. The number of rotatable bonds is 14. The number of nitrogens with zero attached hydrogens (tertiary/aromatic N) is 1. The Balaban J connectivity index is 3.45. The van der Waals surface area contributed by atoms with Crippen molar-refractivity contribution in [2.45, 2.75) is 51.4 Å². The molecule has 0 N–H and O–H groups in total. The van der Waals surface area contributed by atoms with Crippen LogP contribution >= 0.6 is 7.82 Å². The number of phosphoric ester groups is 1. The van der Waals surface area contributed by atoms with E-state index in [0.29, 0.717) is 11.0 Å². The molecule has 0 radical (unpaired) electrons.